The van der Waals surface area contributed by atoms with Crippen molar-refractivity contribution in [2.75, 3.05) is 12.0 Å². The van der Waals surface area contributed by atoms with Crippen LogP contribution in [0.3, 0.4) is 0 Å². The van der Waals surface area contributed by atoms with Crippen molar-refractivity contribution in [3.8, 4) is 0 Å². The molecule has 1 heterocycles. The summed E-state index contributed by atoms with van der Waals surface area (Å²) in [5.41, 5.74) is -0.425. The van der Waals surface area contributed by atoms with Crippen molar-refractivity contribution in [1.29, 1.82) is 0 Å². The van der Waals surface area contributed by atoms with Crippen molar-refractivity contribution in [2.24, 2.45) is 5.92 Å². The lowest BCUT2D eigenvalue weighted by Crippen LogP contribution is -2.47. The molecule has 1 aliphatic heterocycles. The summed E-state index contributed by atoms with van der Waals surface area (Å²) in [7, 11) is -3.09. The monoisotopic (exact) mass is 316 g/mol. The largest absolute Gasteiger partial charge is 0.322 e. The molecule has 1 saturated heterocycles. The summed E-state index contributed by atoms with van der Waals surface area (Å²) in [6.07, 6.45) is 5.96. The number of nitrogens with one attached hydrogen (secondary N) is 1. The molecule has 0 aromatic heterocycles. The maximum atomic E-state index is 12.9. The molecule has 2 aliphatic rings. The molecule has 1 aliphatic carbocycles. The highest BCUT2D eigenvalue weighted by molar-refractivity contribution is 7.90. The lowest BCUT2D eigenvalue weighted by Gasteiger charge is -2.31. The van der Waals surface area contributed by atoms with Crippen molar-refractivity contribution in [2.45, 2.75) is 70.6 Å². The van der Waals surface area contributed by atoms with Crippen LogP contribution in [0, 0.1) is 5.92 Å². The van der Waals surface area contributed by atoms with Gasteiger partial charge in [-0.05, 0) is 32.1 Å². The first-order chi connectivity index (χ1) is 9.65. The molecule has 1 N–H and O–H groups in total. The Kier molecular flexibility index (Phi) is 4.69. The van der Waals surface area contributed by atoms with Crippen molar-refractivity contribution in [3.05, 3.63) is 0 Å². The average molecular weight is 316 g/mol. The standard InChI is InChI=1S/C15H28N2O3S/c1-11(2)9-13-16-15(7-5-6-8-15)14(18)17(13)12(3)10-21(4,19)20/h11-13,16H,5-10H2,1-4H3. The second-order valence-electron chi connectivity index (χ2n) is 7.23. The zero-order chi connectivity index (χ0) is 15.8. The normalized spacial score (nSPS) is 27.0. The Hall–Kier alpha value is -0.620. The number of carbonyl (C=O) groups is 1. The predicted octanol–water partition coefficient (Wildman–Crippen LogP) is 1.54. The maximum Gasteiger partial charge on any atom is 0.244 e. The van der Waals surface area contributed by atoms with Crippen molar-refractivity contribution >= 4 is 15.7 Å². The molecule has 21 heavy (non-hydrogen) atoms. The summed E-state index contributed by atoms with van der Waals surface area (Å²) < 4.78 is 23.2. The zero-order valence-corrected chi connectivity index (χ0v) is 14.4. The van der Waals surface area contributed by atoms with Gasteiger partial charge in [0.15, 0.2) is 0 Å². The van der Waals surface area contributed by atoms with E-state index in [-0.39, 0.29) is 23.9 Å². The van der Waals surface area contributed by atoms with Crippen molar-refractivity contribution in [1.82, 2.24) is 10.2 Å². The molecule has 2 unspecified atom stereocenters. The fourth-order valence-corrected chi connectivity index (χ4v) is 4.86. The van der Waals surface area contributed by atoms with Crippen molar-refractivity contribution < 1.29 is 13.2 Å². The zero-order valence-electron chi connectivity index (χ0n) is 13.6. The fourth-order valence-electron chi connectivity index (χ4n) is 3.82. The van der Waals surface area contributed by atoms with Crippen LogP contribution in [0.1, 0.15) is 52.9 Å². The SMILES string of the molecule is CC(C)CC1NC2(CCCC2)C(=O)N1C(C)CS(C)(=O)=O. The summed E-state index contributed by atoms with van der Waals surface area (Å²) >= 11 is 0. The summed E-state index contributed by atoms with van der Waals surface area (Å²) in [5.74, 6) is 0.604. The van der Waals surface area contributed by atoms with Gasteiger partial charge in [-0.2, -0.15) is 0 Å². The van der Waals surface area contributed by atoms with E-state index < -0.39 is 15.4 Å². The van der Waals surface area contributed by atoms with Gasteiger partial charge in [-0.3, -0.25) is 10.1 Å². The molecule has 1 amide bonds. The highest BCUT2D eigenvalue weighted by atomic mass is 32.2. The van der Waals surface area contributed by atoms with Crippen LogP contribution < -0.4 is 5.32 Å². The van der Waals surface area contributed by atoms with Gasteiger partial charge in [-0.25, -0.2) is 8.42 Å². The number of sulfone groups is 1. The second kappa shape index (κ2) is 5.88. The molecule has 0 aromatic rings. The molecule has 5 nitrogen and oxygen atoms in total. The Labute approximate surface area is 128 Å². The van der Waals surface area contributed by atoms with Gasteiger partial charge < -0.3 is 4.90 Å². The van der Waals surface area contributed by atoms with Crippen LogP contribution in [0.5, 0.6) is 0 Å². The van der Waals surface area contributed by atoms with E-state index in [2.05, 4.69) is 19.2 Å². The van der Waals surface area contributed by atoms with Gasteiger partial charge in [-0.1, -0.05) is 26.7 Å². The lowest BCUT2D eigenvalue weighted by molar-refractivity contribution is -0.134. The minimum Gasteiger partial charge on any atom is -0.322 e. The third-order valence-electron chi connectivity index (χ3n) is 4.59. The molecule has 0 bridgehead atoms. The lowest BCUT2D eigenvalue weighted by atomic mass is 9.97. The summed E-state index contributed by atoms with van der Waals surface area (Å²) in [4.78, 5) is 14.7. The van der Waals surface area contributed by atoms with Crippen LogP contribution in [-0.2, 0) is 14.6 Å². The molecule has 2 fully saturated rings. The van der Waals surface area contributed by atoms with Crippen molar-refractivity contribution in [3.63, 3.8) is 0 Å². The first-order valence-electron chi connectivity index (χ1n) is 7.93. The van der Waals surface area contributed by atoms with Gasteiger partial charge in [0, 0.05) is 12.3 Å². The third kappa shape index (κ3) is 3.59. The summed E-state index contributed by atoms with van der Waals surface area (Å²) in [5, 5.41) is 3.55. The first-order valence-corrected chi connectivity index (χ1v) is 9.99. The number of rotatable bonds is 5. The highest BCUT2D eigenvalue weighted by Gasteiger charge is 2.53. The molecular weight excluding hydrogens is 288 g/mol. The Balaban J connectivity index is 2.23. The second-order valence-corrected chi connectivity index (χ2v) is 9.42. The van der Waals surface area contributed by atoms with Gasteiger partial charge in [0.2, 0.25) is 5.91 Å². The number of nitrogens with zero attached hydrogens (tertiary/aromatic N) is 1. The number of carbonyl (C=O) groups excluding carboxylic acids is 1. The van der Waals surface area contributed by atoms with E-state index in [9.17, 15) is 13.2 Å². The molecule has 2 rings (SSSR count). The quantitative estimate of drug-likeness (QED) is 0.835. The number of amides is 1. The third-order valence-corrected chi connectivity index (χ3v) is 5.68. The molecule has 0 radical (unpaired) electrons. The molecule has 1 saturated carbocycles. The molecule has 122 valence electrons. The Morgan fingerprint density at radius 1 is 1.29 bits per heavy atom. The highest BCUT2D eigenvalue weighted by Crippen LogP contribution is 2.38. The predicted molar refractivity (Wildman–Crippen MR) is 83.6 cm³/mol. The van der Waals surface area contributed by atoms with Gasteiger partial charge in [0.25, 0.3) is 0 Å². The van der Waals surface area contributed by atoms with E-state index in [1.807, 2.05) is 11.8 Å². The smallest absolute Gasteiger partial charge is 0.244 e. The van der Waals surface area contributed by atoms with Crippen LogP contribution >= 0.6 is 0 Å². The first kappa shape index (κ1) is 16.7. The van der Waals surface area contributed by atoms with E-state index in [1.54, 1.807) is 0 Å². The molecule has 6 heteroatoms. The van der Waals surface area contributed by atoms with Gasteiger partial charge in [0.1, 0.15) is 9.84 Å². The minimum absolute atomic E-state index is 0.0328. The fraction of sp³-hybridized carbons (Fsp3) is 0.933. The Morgan fingerprint density at radius 2 is 1.86 bits per heavy atom. The molecular formula is C15H28N2O3S. The van der Waals surface area contributed by atoms with Gasteiger partial charge in [0.05, 0.1) is 17.5 Å². The molecule has 0 aromatic carbocycles. The molecule has 2 atom stereocenters. The van der Waals surface area contributed by atoms with Crippen LogP contribution in [0.25, 0.3) is 0 Å². The van der Waals surface area contributed by atoms with Crippen LogP contribution in [0.2, 0.25) is 0 Å². The van der Waals surface area contributed by atoms with E-state index in [0.717, 1.165) is 32.1 Å². The van der Waals surface area contributed by atoms with E-state index in [1.165, 1.54) is 6.26 Å². The summed E-state index contributed by atoms with van der Waals surface area (Å²) in [6, 6.07) is -0.274. The Bertz CT molecular complexity index is 495. The van der Waals surface area contributed by atoms with Gasteiger partial charge in [-0.15, -0.1) is 0 Å². The topological polar surface area (TPSA) is 66.5 Å². The van der Waals surface area contributed by atoms with E-state index in [4.69, 9.17) is 0 Å². The minimum atomic E-state index is -3.09. The number of hydrogen-bond donors (Lipinski definition) is 1. The maximum absolute atomic E-state index is 12.9. The Morgan fingerprint density at radius 3 is 2.33 bits per heavy atom. The van der Waals surface area contributed by atoms with E-state index in [0.29, 0.717) is 5.92 Å². The molecule has 1 spiro atoms. The van der Waals surface area contributed by atoms with E-state index >= 15 is 0 Å². The average Bonchev–Trinajstić information content (AvgIpc) is 2.84. The van der Waals surface area contributed by atoms with Crippen LogP contribution in [-0.4, -0.2) is 49.0 Å². The van der Waals surface area contributed by atoms with Crippen LogP contribution in [0.15, 0.2) is 0 Å². The number of hydrogen-bond acceptors (Lipinski definition) is 4. The summed E-state index contributed by atoms with van der Waals surface area (Å²) in [6.45, 7) is 6.11. The van der Waals surface area contributed by atoms with Crippen LogP contribution in [0.4, 0.5) is 0 Å². The van der Waals surface area contributed by atoms with Gasteiger partial charge >= 0.3 is 0 Å².